The molecule has 12 heavy (non-hydrogen) atoms. The Morgan fingerprint density at radius 1 is 1.50 bits per heavy atom. The third-order valence-corrected chi connectivity index (χ3v) is 1.76. The van der Waals surface area contributed by atoms with Gasteiger partial charge in [-0.25, -0.2) is 4.39 Å². The number of aromatic amines is 1. The molecule has 3 nitrogen and oxygen atoms in total. The highest BCUT2D eigenvalue weighted by atomic mass is 19.1. The number of hydrogen-bond donors (Lipinski definition) is 2. The largest absolute Gasteiger partial charge is 0.355 e. The minimum absolute atomic E-state index is 0.341. The SMILES string of the molecule is NCc1cc2cncc(F)c2[nH]1. The van der Waals surface area contributed by atoms with Crippen LogP contribution in [0.3, 0.4) is 0 Å². The van der Waals surface area contributed by atoms with Crippen LogP contribution in [0.4, 0.5) is 4.39 Å². The van der Waals surface area contributed by atoms with Gasteiger partial charge in [0.25, 0.3) is 0 Å². The van der Waals surface area contributed by atoms with Gasteiger partial charge in [-0.05, 0) is 6.07 Å². The number of aromatic nitrogens is 2. The summed E-state index contributed by atoms with van der Waals surface area (Å²) in [5, 5.41) is 0.760. The molecule has 0 saturated carbocycles. The number of H-pyrrole nitrogens is 1. The van der Waals surface area contributed by atoms with Crippen molar-refractivity contribution in [3.8, 4) is 0 Å². The molecule has 4 heteroatoms. The fraction of sp³-hybridized carbons (Fsp3) is 0.125. The molecule has 0 spiro atoms. The van der Waals surface area contributed by atoms with Crippen LogP contribution in [0, 0.1) is 5.82 Å². The molecule has 0 unspecified atom stereocenters. The highest BCUT2D eigenvalue weighted by Gasteiger charge is 2.03. The van der Waals surface area contributed by atoms with Crippen LogP contribution in [-0.4, -0.2) is 9.97 Å². The van der Waals surface area contributed by atoms with Crippen molar-refractivity contribution in [1.29, 1.82) is 0 Å². The van der Waals surface area contributed by atoms with E-state index >= 15 is 0 Å². The highest BCUT2D eigenvalue weighted by Crippen LogP contribution is 2.16. The van der Waals surface area contributed by atoms with E-state index in [1.165, 1.54) is 6.20 Å². The zero-order chi connectivity index (χ0) is 8.55. The Labute approximate surface area is 68.4 Å². The molecule has 2 aromatic heterocycles. The first-order valence-corrected chi connectivity index (χ1v) is 3.62. The second kappa shape index (κ2) is 2.57. The topological polar surface area (TPSA) is 54.7 Å². The minimum atomic E-state index is -0.341. The molecule has 0 amide bonds. The van der Waals surface area contributed by atoms with E-state index in [9.17, 15) is 4.39 Å². The van der Waals surface area contributed by atoms with Crippen LogP contribution in [0.15, 0.2) is 18.5 Å². The van der Waals surface area contributed by atoms with Gasteiger partial charge in [0.15, 0.2) is 5.82 Å². The van der Waals surface area contributed by atoms with Gasteiger partial charge in [0, 0.05) is 23.8 Å². The molecule has 0 aliphatic heterocycles. The number of pyridine rings is 1. The zero-order valence-electron chi connectivity index (χ0n) is 6.34. The summed E-state index contributed by atoms with van der Waals surface area (Å²) in [5.41, 5.74) is 6.68. The Morgan fingerprint density at radius 3 is 3.00 bits per heavy atom. The highest BCUT2D eigenvalue weighted by molar-refractivity contribution is 5.79. The van der Waals surface area contributed by atoms with Gasteiger partial charge in [0.2, 0.25) is 0 Å². The first-order valence-electron chi connectivity index (χ1n) is 3.62. The average Bonchev–Trinajstić information content (AvgIpc) is 2.49. The summed E-state index contributed by atoms with van der Waals surface area (Å²) < 4.78 is 13.0. The number of fused-ring (bicyclic) bond motifs is 1. The molecule has 0 bridgehead atoms. The molecule has 0 fully saturated rings. The first kappa shape index (κ1) is 7.24. The van der Waals surface area contributed by atoms with Gasteiger partial charge in [-0.3, -0.25) is 4.98 Å². The minimum Gasteiger partial charge on any atom is -0.355 e. The Balaban J connectivity index is 2.74. The molecule has 2 aromatic rings. The third kappa shape index (κ3) is 0.967. The van der Waals surface area contributed by atoms with Gasteiger partial charge in [-0.1, -0.05) is 0 Å². The first-order chi connectivity index (χ1) is 5.81. The van der Waals surface area contributed by atoms with Crippen LogP contribution in [0.25, 0.3) is 10.9 Å². The number of nitrogens with one attached hydrogen (secondary N) is 1. The normalized spacial score (nSPS) is 10.8. The quantitative estimate of drug-likeness (QED) is 0.666. The van der Waals surface area contributed by atoms with Crippen molar-refractivity contribution < 1.29 is 4.39 Å². The Morgan fingerprint density at radius 2 is 2.33 bits per heavy atom. The van der Waals surface area contributed by atoms with E-state index in [2.05, 4.69) is 9.97 Å². The Bertz CT molecular complexity index is 408. The summed E-state index contributed by atoms with van der Waals surface area (Å²) >= 11 is 0. The lowest BCUT2D eigenvalue weighted by atomic mass is 10.3. The maximum Gasteiger partial charge on any atom is 0.165 e. The summed E-state index contributed by atoms with van der Waals surface area (Å²) in [7, 11) is 0. The van der Waals surface area contributed by atoms with Crippen molar-refractivity contribution in [2.45, 2.75) is 6.54 Å². The van der Waals surface area contributed by atoms with Crippen molar-refractivity contribution in [2.24, 2.45) is 5.73 Å². The summed E-state index contributed by atoms with van der Waals surface area (Å²) in [4.78, 5) is 6.60. The lowest BCUT2D eigenvalue weighted by Gasteiger charge is -1.89. The molecule has 2 heterocycles. The van der Waals surface area contributed by atoms with Gasteiger partial charge < -0.3 is 10.7 Å². The molecular formula is C8H8FN3. The second-order valence-corrected chi connectivity index (χ2v) is 2.58. The lowest BCUT2D eigenvalue weighted by molar-refractivity contribution is 0.631. The molecule has 3 N–H and O–H groups in total. The molecule has 0 radical (unpaired) electrons. The van der Waals surface area contributed by atoms with Crippen LogP contribution in [-0.2, 0) is 6.54 Å². The van der Waals surface area contributed by atoms with Crippen LogP contribution >= 0.6 is 0 Å². The Kier molecular flexibility index (Phi) is 1.55. The summed E-state index contributed by atoms with van der Waals surface area (Å²) in [6.45, 7) is 0.383. The predicted octanol–water partition coefficient (Wildman–Crippen LogP) is 1.16. The number of nitrogens with zero attached hydrogens (tertiary/aromatic N) is 1. The molecule has 0 aromatic carbocycles. The average molecular weight is 165 g/mol. The number of rotatable bonds is 1. The molecular weight excluding hydrogens is 157 g/mol. The Hall–Kier alpha value is -1.42. The van der Waals surface area contributed by atoms with Gasteiger partial charge in [0.1, 0.15) is 0 Å². The van der Waals surface area contributed by atoms with Crippen molar-refractivity contribution in [3.63, 3.8) is 0 Å². The van der Waals surface area contributed by atoms with Gasteiger partial charge in [0.05, 0.1) is 11.7 Å². The summed E-state index contributed by atoms with van der Waals surface area (Å²) in [6, 6.07) is 1.80. The third-order valence-electron chi connectivity index (χ3n) is 1.76. The van der Waals surface area contributed by atoms with E-state index in [-0.39, 0.29) is 5.82 Å². The van der Waals surface area contributed by atoms with E-state index in [4.69, 9.17) is 5.73 Å². The van der Waals surface area contributed by atoms with Crippen LogP contribution in [0.2, 0.25) is 0 Å². The molecule has 2 rings (SSSR count). The zero-order valence-corrected chi connectivity index (χ0v) is 6.34. The number of halogens is 1. The van der Waals surface area contributed by atoms with Crippen LogP contribution in [0.1, 0.15) is 5.69 Å². The van der Waals surface area contributed by atoms with Gasteiger partial charge in [-0.2, -0.15) is 0 Å². The molecule has 62 valence electrons. The molecule has 0 atom stereocenters. The lowest BCUT2D eigenvalue weighted by Crippen LogP contribution is -1.95. The van der Waals surface area contributed by atoms with E-state index in [0.717, 1.165) is 11.1 Å². The molecule has 0 aliphatic rings. The monoisotopic (exact) mass is 165 g/mol. The van der Waals surface area contributed by atoms with Crippen molar-refractivity contribution in [2.75, 3.05) is 0 Å². The van der Waals surface area contributed by atoms with Crippen molar-refractivity contribution in [3.05, 3.63) is 30.0 Å². The summed E-state index contributed by atoms with van der Waals surface area (Å²) in [5.74, 6) is -0.341. The van der Waals surface area contributed by atoms with Crippen molar-refractivity contribution >= 4 is 10.9 Å². The fourth-order valence-electron chi connectivity index (χ4n) is 1.19. The van der Waals surface area contributed by atoms with Crippen LogP contribution < -0.4 is 5.73 Å². The molecule has 0 aliphatic carbocycles. The fourth-order valence-corrected chi connectivity index (χ4v) is 1.19. The maximum atomic E-state index is 13.0. The van der Waals surface area contributed by atoms with E-state index in [1.54, 1.807) is 12.3 Å². The van der Waals surface area contributed by atoms with Gasteiger partial charge in [-0.15, -0.1) is 0 Å². The van der Waals surface area contributed by atoms with E-state index < -0.39 is 0 Å². The number of hydrogen-bond acceptors (Lipinski definition) is 2. The molecule has 0 saturated heterocycles. The predicted molar refractivity (Wildman–Crippen MR) is 43.9 cm³/mol. The smallest absolute Gasteiger partial charge is 0.165 e. The summed E-state index contributed by atoms with van der Waals surface area (Å²) in [6.07, 6.45) is 2.78. The number of nitrogens with two attached hydrogens (primary N) is 1. The van der Waals surface area contributed by atoms with E-state index in [1.807, 2.05) is 0 Å². The second-order valence-electron chi connectivity index (χ2n) is 2.58. The maximum absolute atomic E-state index is 13.0. The van der Waals surface area contributed by atoms with Crippen molar-refractivity contribution in [1.82, 2.24) is 9.97 Å². The standard InChI is InChI=1S/C8H8FN3/c9-7-4-11-3-5-1-6(2-10)12-8(5)7/h1,3-4,12H,2,10H2. The van der Waals surface area contributed by atoms with Gasteiger partial charge >= 0.3 is 0 Å². The van der Waals surface area contributed by atoms with E-state index in [0.29, 0.717) is 12.1 Å². The van der Waals surface area contributed by atoms with Crippen LogP contribution in [0.5, 0.6) is 0 Å².